The van der Waals surface area contributed by atoms with Crippen molar-refractivity contribution in [2.45, 2.75) is 25.3 Å². The van der Waals surface area contributed by atoms with E-state index < -0.39 is 0 Å². The fraction of sp³-hybridized carbons (Fsp3) is 0.778. The summed E-state index contributed by atoms with van der Waals surface area (Å²) in [6.07, 6.45) is 5.52. The Bertz CT molecular complexity index is 285. The van der Waals surface area contributed by atoms with E-state index in [1.54, 1.807) is 0 Å². The van der Waals surface area contributed by atoms with Gasteiger partial charge in [0.05, 0.1) is 6.04 Å². The Kier molecular flexibility index (Phi) is 1.62. The zero-order valence-corrected chi connectivity index (χ0v) is 7.44. The molecule has 0 radical (unpaired) electrons. The quantitative estimate of drug-likeness (QED) is 0.702. The van der Waals surface area contributed by atoms with Crippen molar-refractivity contribution in [2.24, 2.45) is 11.8 Å². The van der Waals surface area contributed by atoms with Gasteiger partial charge in [-0.15, -0.1) is 0 Å². The third-order valence-electron chi connectivity index (χ3n) is 3.39. The van der Waals surface area contributed by atoms with Crippen molar-refractivity contribution >= 4 is 0 Å². The van der Waals surface area contributed by atoms with Crippen LogP contribution in [0.4, 0.5) is 0 Å². The van der Waals surface area contributed by atoms with Gasteiger partial charge in [0.15, 0.2) is 6.33 Å². The van der Waals surface area contributed by atoms with Crippen molar-refractivity contribution in [2.75, 3.05) is 6.54 Å². The average molecular weight is 179 g/mol. The van der Waals surface area contributed by atoms with Crippen molar-refractivity contribution in [1.29, 1.82) is 0 Å². The summed E-state index contributed by atoms with van der Waals surface area (Å²) in [5.41, 5.74) is 0. The highest BCUT2D eigenvalue weighted by Gasteiger charge is 2.41. The van der Waals surface area contributed by atoms with Gasteiger partial charge in [-0.05, 0) is 31.2 Å². The van der Waals surface area contributed by atoms with E-state index in [2.05, 4.69) is 15.5 Å². The Morgan fingerprint density at radius 3 is 3.31 bits per heavy atom. The van der Waals surface area contributed by atoms with Gasteiger partial charge < -0.3 is 9.84 Å². The molecule has 2 heterocycles. The lowest BCUT2D eigenvalue weighted by Gasteiger charge is -2.12. The standard InChI is InChI=1S/C9H13N3O/c1-2-6-4-10-8(7(6)3-1)9-11-5-12-13-9/h5-8,10H,1-4H2. The molecule has 1 saturated carbocycles. The van der Waals surface area contributed by atoms with Crippen molar-refractivity contribution in [3.8, 4) is 0 Å². The number of hydrogen-bond acceptors (Lipinski definition) is 4. The second-order valence-corrected chi connectivity index (χ2v) is 4.02. The molecule has 1 aliphatic carbocycles. The van der Waals surface area contributed by atoms with Gasteiger partial charge in [0, 0.05) is 0 Å². The van der Waals surface area contributed by atoms with Crippen LogP contribution in [-0.4, -0.2) is 16.7 Å². The van der Waals surface area contributed by atoms with Crippen LogP contribution in [0.1, 0.15) is 31.2 Å². The molecule has 0 spiro atoms. The van der Waals surface area contributed by atoms with E-state index in [1.807, 2.05) is 0 Å². The molecular weight excluding hydrogens is 166 g/mol. The molecule has 3 unspecified atom stereocenters. The average Bonchev–Trinajstić information content (AvgIpc) is 2.79. The molecule has 0 bridgehead atoms. The van der Waals surface area contributed by atoms with Gasteiger partial charge in [0.1, 0.15) is 0 Å². The number of aromatic nitrogens is 2. The minimum absolute atomic E-state index is 0.329. The number of rotatable bonds is 1. The summed E-state index contributed by atoms with van der Waals surface area (Å²) in [6.45, 7) is 1.12. The lowest BCUT2D eigenvalue weighted by atomic mass is 9.94. The predicted octanol–water partition coefficient (Wildman–Crippen LogP) is 1.13. The summed E-state index contributed by atoms with van der Waals surface area (Å²) >= 11 is 0. The molecule has 3 atom stereocenters. The molecule has 13 heavy (non-hydrogen) atoms. The maximum absolute atomic E-state index is 5.10. The number of nitrogens with one attached hydrogen (secondary N) is 1. The van der Waals surface area contributed by atoms with Gasteiger partial charge in [0.25, 0.3) is 0 Å². The first-order valence-corrected chi connectivity index (χ1v) is 4.95. The zero-order chi connectivity index (χ0) is 8.67. The van der Waals surface area contributed by atoms with Gasteiger partial charge >= 0.3 is 0 Å². The van der Waals surface area contributed by atoms with Crippen molar-refractivity contribution in [1.82, 2.24) is 15.5 Å². The van der Waals surface area contributed by atoms with Crippen molar-refractivity contribution in [3.63, 3.8) is 0 Å². The van der Waals surface area contributed by atoms with E-state index in [1.165, 1.54) is 25.6 Å². The molecule has 0 amide bonds. The van der Waals surface area contributed by atoms with E-state index in [-0.39, 0.29) is 0 Å². The summed E-state index contributed by atoms with van der Waals surface area (Å²) in [7, 11) is 0. The van der Waals surface area contributed by atoms with Crippen LogP contribution in [0.25, 0.3) is 0 Å². The highest BCUT2D eigenvalue weighted by molar-refractivity contribution is 5.01. The third-order valence-corrected chi connectivity index (χ3v) is 3.39. The van der Waals surface area contributed by atoms with E-state index in [4.69, 9.17) is 4.52 Å². The van der Waals surface area contributed by atoms with Gasteiger partial charge in [-0.1, -0.05) is 11.6 Å². The largest absolute Gasteiger partial charge is 0.338 e. The molecule has 0 aromatic carbocycles. The molecule has 2 aliphatic rings. The van der Waals surface area contributed by atoms with Gasteiger partial charge in [-0.25, -0.2) is 0 Å². The maximum Gasteiger partial charge on any atom is 0.243 e. The van der Waals surface area contributed by atoms with E-state index >= 15 is 0 Å². The fourth-order valence-electron chi connectivity index (χ4n) is 2.78. The second-order valence-electron chi connectivity index (χ2n) is 4.02. The highest BCUT2D eigenvalue weighted by atomic mass is 16.5. The molecule has 1 aliphatic heterocycles. The zero-order valence-electron chi connectivity index (χ0n) is 7.44. The van der Waals surface area contributed by atoms with Crippen LogP contribution in [0.5, 0.6) is 0 Å². The topological polar surface area (TPSA) is 51.0 Å². The van der Waals surface area contributed by atoms with E-state index in [0.29, 0.717) is 6.04 Å². The fourth-order valence-corrected chi connectivity index (χ4v) is 2.78. The number of fused-ring (bicyclic) bond motifs is 1. The Labute approximate surface area is 76.7 Å². The van der Waals surface area contributed by atoms with Gasteiger partial charge in [0.2, 0.25) is 5.89 Å². The molecule has 3 rings (SSSR count). The van der Waals surface area contributed by atoms with Crippen LogP contribution in [-0.2, 0) is 0 Å². The predicted molar refractivity (Wildman–Crippen MR) is 45.9 cm³/mol. The van der Waals surface area contributed by atoms with Crippen molar-refractivity contribution in [3.05, 3.63) is 12.2 Å². The molecule has 1 aromatic rings. The SMILES string of the molecule is c1noc(C2NCC3CCCC32)n1. The normalized spacial score (nSPS) is 38.0. The first kappa shape index (κ1) is 7.50. The molecule has 4 heteroatoms. The van der Waals surface area contributed by atoms with Crippen LogP contribution in [0, 0.1) is 11.8 Å². The number of nitrogens with zero attached hydrogens (tertiary/aromatic N) is 2. The molecule has 1 N–H and O–H groups in total. The molecule has 70 valence electrons. The van der Waals surface area contributed by atoms with E-state index in [0.717, 1.165) is 24.3 Å². The first-order chi connectivity index (χ1) is 6.45. The smallest absolute Gasteiger partial charge is 0.243 e. The van der Waals surface area contributed by atoms with Crippen LogP contribution >= 0.6 is 0 Å². The molecule has 2 fully saturated rings. The van der Waals surface area contributed by atoms with Gasteiger partial charge in [-0.3, -0.25) is 0 Å². The monoisotopic (exact) mass is 179 g/mol. The molecule has 4 nitrogen and oxygen atoms in total. The Hall–Kier alpha value is -0.900. The summed E-state index contributed by atoms with van der Waals surface area (Å²) in [5.74, 6) is 2.35. The van der Waals surface area contributed by atoms with Gasteiger partial charge in [-0.2, -0.15) is 4.98 Å². The van der Waals surface area contributed by atoms with Crippen LogP contribution < -0.4 is 5.32 Å². The van der Waals surface area contributed by atoms with E-state index in [9.17, 15) is 0 Å². The Balaban J connectivity index is 1.86. The molecular formula is C9H13N3O. The molecule has 1 aromatic heterocycles. The van der Waals surface area contributed by atoms with Crippen LogP contribution in [0.3, 0.4) is 0 Å². The lowest BCUT2D eigenvalue weighted by molar-refractivity contribution is 0.302. The molecule has 1 saturated heterocycles. The lowest BCUT2D eigenvalue weighted by Crippen LogP contribution is -2.17. The highest BCUT2D eigenvalue weighted by Crippen LogP contribution is 2.43. The Morgan fingerprint density at radius 2 is 2.46 bits per heavy atom. The minimum atomic E-state index is 0.329. The summed E-state index contributed by atoms with van der Waals surface area (Å²) in [6, 6.07) is 0.329. The Morgan fingerprint density at radius 1 is 1.46 bits per heavy atom. The number of hydrogen-bond donors (Lipinski definition) is 1. The minimum Gasteiger partial charge on any atom is -0.338 e. The third kappa shape index (κ3) is 1.09. The summed E-state index contributed by atoms with van der Waals surface area (Å²) in [4.78, 5) is 4.12. The first-order valence-electron chi connectivity index (χ1n) is 4.95. The van der Waals surface area contributed by atoms with Crippen LogP contribution in [0.2, 0.25) is 0 Å². The van der Waals surface area contributed by atoms with Crippen molar-refractivity contribution < 1.29 is 4.52 Å². The van der Waals surface area contributed by atoms with Crippen LogP contribution in [0.15, 0.2) is 10.9 Å². The summed E-state index contributed by atoms with van der Waals surface area (Å²) in [5, 5.41) is 7.12. The second kappa shape index (κ2) is 2.80. The summed E-state index contributed by atoms with van der Waals surface area (Å²) < 4.78 is 5.10. The maximum atomic E-state index is 5.10.